The fourth-order valence-electron chi connectivity index (χ4n) is 2.93. The van der Waals surface area contributed by atoms with Gasteiger partial charge in [0, 0.05) is 0 Å². The van der Waals surface area contributed by atoms with Gasteiger partial charge in [-0.25, -0.2) is 4.79 Å². The van der Waals surface area contributed by atoms with E-state index in [-0.39, 0.29) is 5.56 Å². The van der Waals surface area contributed by atoms with Gasteiger partial charge in [0.2, 0.25) is 0 Å². The molecule has 1 heterocycles. The van der Waals surface area contributed by atoms with Gasteiger partial charge in [0.05, 0.1) is 5.56 Å². The summed E-state index contributed by atoms with van der Waals surface area (Å²) in [6, 6.07) is 6.85. The van der Waals surface area contributed by atoms with Crippen LogP contribution in [-0.4, -0.2) is 41.6 Å². The Morgan fingerprint density at radius 1 is 1.04 bits per heavy atom. The molecule has 158 valence electrons. The summed E-state index contributed by atoms with van der Waals surface area (Å²) < 4.78 is 98.7. The van der Waals surface area contributed by atoms with Gasteiger partial charge in [0.25, 0.3) is 0 Å². The highest BCUT2D eigenvalue weighted by molar-refractivity contribution is 7.99. The fourth-order valence-corrected chi connectivity index (χ4v) is 4.14. The first-order valence-corrected chi connectivity index (χ1v) is 9.74. The van der Waals surface area contributed by atoms with Crippen molar-refractivity contribution in [2.45, 2.75) is 49.8 Å². The van der Waals surface area contributed by atoms with Gasteiger partial charge in [0.1, 0.15) is 6.42 Å². The van der Waals surface area contributed by atoms with Crippen LogP contribution in [0.5, 0.6) is 0 Å². The lowest BCUT2D eigenvalue weighted by Gasteiger charge is -2.35. The minimum absolute atomic E-state index is 0.151. The summed E-state index contributed by atoms with van der Waals surface area (Å²) in [4.78, 5) is 12.1. The molecule has 0 amide bonds. The quantitative estimate of drug-likeness (QED) is 0.392. The average Bonchev–Trinajstić information content (AvgIpc) is 2.60. The summed E-state index contributed by atoms with van der Waals surface area (Å²) in [7, 11) is 0. The van der Waals surface area contributed by atoms with Gasteiger partial charge in [-0.3, -0.25) is 0 Å². The first kappa shape index (κ1) is 22.8. The standard InChI is InChI=1S/C18H19F7O2S/c19-16(20,11-17(21,22)23)18(24,25)14(10-12-6-8-28-9-7-12)27-15(26)13-4-2-1-3-5-13/h1-5,12,14H,6-11H2. The Morgan fingerprint density at radius 3 is 2.14 bits per heavy atom. The van der Waals surface area contributed by atoms with Crippen LogP contribution >= 0.6 is 11.8 Å². The van der Waals surface area contributed by atoms with Crippen LogP contribution in [-0.2, 0) is 4.74 Å². The maximum absolute atomic E-state index is 14.5. The summed E-state index contributed by atoms with van der Waals surface area (Å²) in [5, 5.41) is 0. The third-order valence-corrected chi connectivity index (χ3v) is 5.51. The molecule has 1 aromatic carbocycles. The number of halogens is 7. The number of carbonyl (C=O) groups is 1. The first-order chi connectivity index (χ1) is 12.9. The molecule has 1 aromatic rings. The van der Waals surface area contributed by atoms with Crippen LogP contribution in [0.4, 0.5) is 30.7 Å². The van der Waals surface area contributed by atoms with Crippen molar-refractivity contribution in [3.05, 3.63) is 35.9 Å². The number of hydrogen-bond acceptors (Lipinski definition) is 3. The van der Waals surface area contributed by atoms with E-state index < -0.39 is 48.9 Å². The van der Waals surface area contributed by atoms with Crippen LogP contribution in [0.3, 0.4) is 0 Å². The zero-order valence-electron chi connectivity index (χ0n) is 14.7. The monoisotopic (exact) mass is 432 g/mol. The second kappa shape index (κ2) is 8.92. The zero-order valence-corrected chi connectivity index (χ0v) is 15.5. The van der Waals surface area contributed by atoms with Gasteiger partial charge in [-0.2, -0.15) is 42.5 Å². The predicted molar refractivity (Wildman–Crippen MR) is 90.9 cm³/mol. The largest absolute Gasteiger partial charge is 0.452 e. The molecule has 0 saturated carbocycles. The van der Waals surface area contributed by atoms with E-state index in [1.54, 1.807) is 17.8 Å². The molecule has 0 bridgehead atoms. The molecule has 0 radical (unpaired) electrons. The smallest absolute Gasteiger partial charge is 0.395 e. The molecule has 1 fully saturated rings. The van der Waals surface area contributed by atoms with Gasteiger partial charge in [0.15, 0.2) is 6.10 Å². The zero-order chi connectivity index (χ0) is 21.0. The molecule has 1 saturated heterocycles. The second-order valence-corrected chi connectivity index (χ2v) is 7.90. The van der Waals surface area contributed by atoms with Gasteiger partial charge < -0.3 is 4.74 Å². The van der Waals surface area contributed by atoms with Crippen molar-refractivity contribution in [1.29, 1.82) is 0 Å². The van der Waals surface area contributed by atoms with Crippen molar-refractivity contribution in [3.63, 3.8) is 0 Å². The van der Waals surface area contributed by atoms with E-state index in [2.05, 4.69) is 4.74 Å². The van der Waals surface area contributed by atoms with E-state index in [0.717, 1.165) is 0 Å². The molecule has 1 aliphatic heterocycles. The van der Waals surface area contributed by atoms with Crippen molar-refractivity contribution in [1.82, 2.24) is 0 Å². The molecule has 0 aromatic heterocycles. The Kier molecular flexibility index (Phi) is 7.27. The number of thioether (sulfide) groups is 1. The molecule has 0 N–H and O–H groups in total. The van der Waals surface area contributed by atoms with E-state index in [0.29, 0.717) is 24.3 Å². The van der Waals surface area contributed by atoms with Gasteiger partial charge in [-0.05, 0) is 48.8 Å². The van der Waals surface area contributed by atoms with E-state index >= 15 is 0 Å². The number of carbonyl (C=O) groups excluding carboxylic acids is 1. The summed E-state index contributed by atoms with van der Waals surface area (Å²) >= 11 is 1.57. The van der Waals surface area contributed by atoms with Crippen LogP contribution in [0, 0.1) is 5.92 Å². The Bertz CT molecular complexity index is 643. The second-order valence-electron chi connectivity index (χ2n) is 6.67. The van der Waals surface area contributed by atoms with E-state index in [1.807, 2.05) is 0 Å². The molecule has 2 nitrogen and oxygen atoms in total. The minimum Gasteiger partial charge on any atom is -0.452 e. The normalized spacial score (nSPS) is 18.0. The van der Waals surface area contributed by atoms with Crippen LogP contribution in [0.15, 0.2) is 30.3 Å². The molecule has 1 atom stereocenters. The van der Waals surface area contributed by atoms with Crippen LogP contribution in [0.1, 0.15) is 36.0 Å². The Balaban J connectivity index is 2.26. The van der Waals surface area contributed by atoms with Gasteiger partial charge in [-0.15, -0.1) is 0 Å². The van der Waals surface area contributed by atoms with E-state index in [9.17, 15) is 35.5 Å². The van der Waals surface area contributed by atoms with E-state index in [4.69, 9.17) is 0 Å². The number of alkyl halides is 7. The van der Waals surface area contributed by atoms with Crippen LogP contribution < -0.4 is 0 Å². The average molecular weight is 432 g/mol. The molecule has 10 heteroatoms. The topological polar surface area (TPSA) is 26.3 Å². The van der Waals surface area contributed by atoms with Crippen LogP contribution in [0.2, 0.25) is 0 Å². The van der Waals surface area contributed by atoms with E-state index in [1.165, 1.54) is 24.3 Å². The molecule has 0 aliphatic carbocycles. The Morgan fingerprint density at radius 2 is 1.61 bits per heavy atom. The predicted octanol–water partition coefficient (Wildman–Crippen LogP) is 5.97. The third kappa shape index (κ3) is 6.02. The lowest BCUT2D eigenvalue weighted by molar-refractivity contribution is -0.291. The lowest BCUT2D eigenvalue weighted by Crippen LogP contribution is -2.53. The number of esters is 1. The summed E-state index contributed by atoms with van der Waals surface area (Å²) in [6.45, 7) is 0. The van der Waals surface area contributed by atoms with Crippen molar-refractivity contribution < 1.29 is 40.3 Å². The Hall–Kier alpha value is -1.45. The molecule has 2 rings (SSSR count). The highest BCUT2D eigenvalue weighted by Crippen LogP contribution is 2.47. The molecular weight excluding hydrogens is 413 g/mol. The summed E-state index contributed by atoms with van der Waals surface area (Å²) in [6.07, 6.45) is -10.9. The highest BCUT2D eigenvalue weighted by Gasteiger charge is 2.66. The number of benzene rings is 1. The fraction of sp³-hybridized carbons (Fsp3) is 0.611. The number of ether oxygens (including phenoxy) is 1. The molecule has 0 spiro atoms. The van der Waals surface area contributed by atoms with Crippen molar-refractivity contribution in [3.8, 4) is 0 Å². The van der Waals surface area contributed by atoms with Crippen molar-refractivity contribution >= 4 is 17.7 Å². The lowest BCUT2D eigenvalue weighted by atomic mass is 9.90. The molecule has 1 aliphatic rings. The molecular formula is C18H19F7O2S. The molecule has 1 unspecified atom stereocenters. The summed E-state index contributed by atoms with van der Waals surface area (Å²) in [5.74, 6) is -11.1. The summed E-state index contributed by atoms with van der Waals surface area (Å²) in [5.41, 5.74) is -0.151. The van der Waals surface area contributed by atoms with Crippen LogP contribution in [0.25, 0.3) is 0 Å². The maximum Gasteiger partial charge on any atom is 0.395 e. The van der Waals surface area contributed by atoms with Gasteiger partial charge >= 0.3 is 24.0 Å². The van der Waals surface area contributed by atoms with Crippen molar-refractivity contribution in [2.75, 3.05) is 11.5 Å². The number of hydrogen-bond donors (Lipinski definition) is 0. The third-order valence-electron chi connectivity index (χ3n) is 4.46. The highest BCUT2D eigenvalue weighted by atomic mass is 32.2. The van der Waals surface area contributed by atoms with Gasteiger partial charge in [-0.1, -0.05) is 18.2 Å². The first-order valence-electron chi connectivity index (χ1n) is 8.58. The maximum atomic E-state index is 14.5. The SMILES string of the molecule is O=C(OC(CC1CCSCC1)C(F)(F)C(F)(F)CC(F)(F)F)c1ccccc1. The van der Waals surface area contributed by atoms with Crippen molar-refractivity contribution in [2.24, 2.45) is 5.92 Å². The minimum atomic E-state index is -5.50. The molecule has 28 heavy (non-hydrogen) atoms. The Labute approximate surface area is 161 Å². The number of rotatable bonds is 7.